The number of pyridine rings is 2. The van der Waals surface area contributed by atoms with Crippen LogP contribution < -0.4 is 0 Å². The lowest BCUT2D eigenvalue weighted by molar-refractivity contribution is 0.0601. The summed E-state index contributed by atoms with van der Waals surface area (Å²) in [6.07, 6.45) is 7.44. The van der Waals surface area contributed by atoms with Crippen molar-refractivity contribution >= 4 is 11.6 Å². The summed E-state index contributed by atoms with van der Waals surface area (Å²) < 4.78 is 6.78. The molecule has 4 rings (SSSR count). The van der Waals surface area contributed by atoms with Crippen molar-refractivity contribution in [2.24, 2.45) is 0 Å². The highest BCUT2D eigenvalue weighted by atomic mass is 16.5. The van der Waals surface area contributed by atoms with Crippen LogP contribution in [0.1, 0.15) is 10.4 Å². The first-order valence-electron chi connectivity index (χ1n) is 7.82. The summed E-state index contributed by atoms with van der Waals surface area (Å²) in [4.78, 5) is 20.1. The van der Waals surface area contributed by atoms with E-state index in [1.54, 1.807) is 24.5 Å². The molecule has 0 N–H and O–H groups in total. The molecule has 0 aliphatic carbocycles. The highest BCUT2D eigenvalue weighted by Gasteiger charge is 2.09. The van der Waals surface area contributed by atoms with E-state index in [2.05, 4.69) is 16.2 Å². The van der Waals surface area contributed by atoms with Crippen LogP contribution in [0.25, 0.3) is 28.0 Å². The van der Waals surface area contributed by atoms with E-state index >= 15 is 0 Å². The maximum atomic E-state index is 11.6. The monoisotopic (exact) mass is 329 g/mol. The lowest BCUT2D eigenvalue weighted by Gasteiger charge is -2.06. The van der Waals surface area contributed by atoms with Gasteiger partial charge in [-0.25, -0.2) is 9.78 Å². The number of hydrogen-bond acceptors (Lipinski definition) is 4. The number of carbonyl (C=O) groups excluding carboxylic acids is 1. The number of imidazole rings is 1. The Kier molecular flexibility index (Phi) is 3.74. The summed E-state index contributed by atoms with van der Waals surface area (Å²) in [5, 5.41) is 0. The van der Waals surface area contributed by atoms with Crippen LogP contribution in [0, 0.1) is 0 Å². The summed E-state index contributed by atoms with van der Waals surface area (Å²) in [5.41, 5.74) is 5.51. The van der Waals surface area contributed by atoms with Gasteiger partial charge >= 0.3 is 5.97 Å². The maximum Gasteiger partial charge on any atom is 0.337 e. The first kappa shape index (κ1) is 15.1. The van der Waals surface area contributed by atoms with E-state index in [9.17, 15) is 4.79 Å². The van der Waals surface area contributed by atoms with Crippen molar-refractivity contribution in [3.8, 4) is 22.4 Å². The first-order chi connectivity index (χ1) is 12.3. The molecule has 5 nitrogen and oxygen atoms in total. The molecule has 0 saturated heterocycles. The average molecular weight is 329 g/mol. The minimum atomic E-state index is -0.343. The Bertz CT molecular complexity index is 1040. The van der Waals surface area contributed by atoms with Gasteiger partial charge in [-0.1, -0.05) is 12.1 Å². The molecule has 0 aliphatic rings. The lowest BCUT2D eigenvalue weighted by atomic mass is 10.1. The molecule has 0 radical (unpaired) electrons. The molecule has 3 heterocycles. The largest absolute Gasteiger partial charge is 0.465 e. The minimum Gasteiger partial charge on any atom is -0.465 e. The molecule has 25 heavy (non-hydrogen) atoms. The predicted molar refractivity (Wildman–Crippen MR) is 95.2 cm³/mol. The second-order valence-corrected chi connectivity index (χ2v) is 5.59. The van der Waals surface area contributed by atoms with Gasteiger partial charge in [0.25, 0.3) is 0 Å². The van der Waals surface area contributed by atoms with Gasteiger partial charge in [0, 0.05) is 24.2 Å². The van der Waals surface area contributed by atoms with Crippen LogP contribution in [0.2, 0.25) is 0 Å². The van der Waals surface area contributed by atoms with E-state index in [4.69, 9.17) is 4.74 Å². The molecule has 0 fully saturated rings. The maximum absolute atomic E-state index is 11.6. The SMILES string of the molecule is COC(=O)c1ccc(-c2cnc3ccc(-c4ccncc4)cn23)cc1. The van der Waals surface area contributed by atoms with Crippen molar-refractivity contribution in [1.29, 1.82) is 0 Å². The number of nitrogens with zero attached hydrogens (tertiary/aromatic N) is 3. The number of aromatic nitrogens is 3. The fraction of sp³-hybridized carbons (Fsp3) is 0.0500. The van der Waals surface area contributed by atoms with Crippen molar-refractivity contribution in [3.63, 3.8) is 0 Å². The van der Waals surface area contributed by atoms with Crippen molar-refractivity contribution in [2.75, 3.05) is 7.11 Å². The fourth-order valence-corrected chi connectivity index (χ4v) is 2.80. The van der Waals surface area contributed by atoms with Gasteiger partial charge in [-0.15, -0.1) is 0 Å². The highest BCUT2D eigenvalue weighted by molar-refractivity contribution is 5.89. The van der Waals surface area contributed by atoms with Crippen LogP contribution in [0.3, 0.4) is 0 Å². The number of esters is 1. The standard InChI is InChI=1S/C20H15N3O2/c1-25-20(24)16-4-2-15(3-5-16)18-12-22-19-7-6-17(13-23(18)19)14-8-10-21-11-9-14/h2-13H,1H3. The predicted octanol–water partition coefficient (Wildman–Crippen LogP) is 3.85. The van der Waals surface area contributed by atoms with Crippen molar-refractivity contribution in [1.82, 2.24) is 14.4 Å². The summed E-state index contributed by atoms with van der Waals surface area (Å²) in [6.45, 7) is 0. The Balaban J connectivity index is 1.78. The van der Waals surface area contributed by atoms with Gasteiger partial charge in [-0.05, 0) is 47.5 Å². The molecule has 0 saturated carbocycles. The Morgan fingerprint density at radius 3 is 2.36 bits per heavy atom. The molecule has 0 amide bonds. The van der Waals surface area contributed by atoms with Crippen LogP contribution in [0.15, 0.2) is 73.3 Å². The molecule has 3 aromatic heterocycles. The van der Waals surface area contributed by atoms with Crippen molar-refractivity contribution < 1.29 is 9.53 Å². The van der Waals surface area contributed by atoms with E-state index in [1.165, 1.54) is 7.11 Å². The Morgan fingerprint density at radius 2 is 1.64 bits per heavy atom. The molecule has 0 atom stereocenters. The average Bonchev–Trinajstić information content (AvgIpc) is 3.11. The Labute approximate surface area is 144 Å². The molecule has 1 aromatic carbocycles. The number of carbonyl (C=O) groups is 1. The van der Waals surface area contributed by atoms with Gasteiger partial charge in [-0.3, -0.25) is 9.38 Å². The Morgan fingerprint density at radius 1 is 0.920 bits per heavy atom. The van der Waals surface area contributed by atoms with Gasteiger partial charge in [0.15, 0.2) is 0 Å². The Hall–Kier alpha value is -3.47. The zero-order chi connectivity index (χ0) is 17.2. The van der Waals surface area contributed by atoms with Crippen LogP contribution in [-0.4, -0.2) is 27.4 Å². The summed E-state index contributed by atoms with van der Waals surface area (Å²) in [7, 11) is 1.38. The van der Waals surface area contributed by atoms with Crippen LogP contribution >= 0.6 is 0 Å². The number of benzene rings is 1. The number of ether oxygens (including phenoxy) is 1. The zero-order valence-electron chi connectivity index (χ0n) is 13.6. The van der Waals surface area contributed by atoms with E-state index in [1.807, 2.05) is 47.0 Å². The second-order valence-electron chi connectivity index (χ2n) is 5.59. The summed E-state index contributed by atoms with van der Waals surface area (Å²) in [5.74, 6) is -0.343. The molecule has 122 valence electrons. The normalized spacial score (nSPS) is 10.8. The van der Waals surface area contributed by atoms with Crippen LogP contribution in [0.5, 0.6) is 0 Å². The third-order valence-electron chi connectivity index (χ3n) is 4.12. The minimum absolute atomic E-state index is 0.343. The van der Waals surface area contributed by atoms with Crippen LogP contribution in [-0.2, 0) is 4.74 Å². The van der Waals surface area contributed by atoms with E-state index in [-0.39, 0.29) is 5.97 Å². The van der Waals surface area contributed by atoms with Gasteiger partial charge in [-0.2, -0.15) is 0 Å². The molecule has 0 spiro atoms. The number of rotatable bonds is 3. The topological polar surface area (TPSA) is 56.5 Å². The molecule has 0 aliphatic heterocycles. The molecular formula is C20H15N3O2. The number of methoxy groups -OCH3 is 1. The summed E-state index contributed by atoms with van der Waals surface area (Å²) in [6, 6.07) is 15.3. The van der Waals surface area contributed by atoms with E-state index < -0.39 is 0 Å². The van der Waals surface area contributed by atoms with E-state index in [0.29, 0.717) is 5.56 Å². The molecular weight excluding hydrogens is 314 g/mol. The first-order valence-corrected chi connectivity index (χ1v) is 7.82. The smallest absolute Gasteiger partial charge is 0.337 e. The van der Waals surface area contributed by atoms with Crippen LogP contribution in [0.4, 0.5) is 0 Å². The molecule has 0 unspecified atom stereocenters. The summed E-state index contributed by atoms with van der Waals surface area (Å²) >= 11 is 0. The lowest BCUT2D eigenvalue weighted by Crippen LogP contribution is -2.00. The second kappa shape index (κ2) is 6.20. The molecule has 0 bridgehead atoms. The van der Waals surface area contributed by atoms with E-state index in [0.717, 1.165) is 28.0 Å². The van der Waals surface area contributed by atoms with Crippen molar-refractivity contribution in [3.05, 3.63) is 78.9 Å². The van der Waals surface area contributed by atoms with Gasteiger partial charge < -0.3 is 4.74 Å². The fourth-order valence-electron chi connectivity index (χ4n) is 2.80. The third-order valence-corrected chi connectivity index (χ3v) is 4.12. The quantitative estimate of drug-likeness (QED) is 0.536. The highest BCUT2D eigenvalue weighted by Crippen LogP contribution is 2.25. The zero-order valence-corrected chi connectivity index (χ0v) is 13.6. The van der Waals surface area contributed by atoms with Crippen molar-refractivity contribution in [2.45, 2.75) is 0 Å². The van der Waals surface area contributed by atoms with Gasteiger partial charge in [0.2, 0.25) is 0 Å². The molecule has 4 aromatic rings. The molecule has 5 heteroatoms. The number of hydrogen-bond donors (Lipinski definition) is 0. The van der Waals surface area contributed by atoms with Gasteiger partial charge in [0.05, 0.1) is 24.6 Å². The third kappa shape index (κ3) is 2.76. The van der Waals surface area contributed by atoms with Gasteiger partial charge in [0.1, 0.15) is 5.65 Å². The number of fused-ring (bicyclic) bond motifs is 1.